The Morgan fingerprint density at radius 2 is 2.12 bits per heavy atom. The van der Waals surface area contributed by atoms with Crippen LogP contribution in [-0.4, -0.2) is 13.1 Å². The van der Waals surface area contributed by atoms with Crippen LogP contribution in [0.5, 0.6) is 0 Å². The molecule has 1 unspecified atom stereocenters. The first-order chi connectivity index (χ1) is 8.06. The smallest absolute Gasteiger partial charge is 0.312 e. The monoisotopic (exact) mass is 272 g/mol. The summed E-state index contributed by atoms with van der Waals surface area (Å²) in [5.74, 6) is -0.725. The lowest BCUT2D eigenvalue weighted by molar-refractivity contribution is -0.141. The first-order valence-corrected chi connectivity index (χ1v) is 5.74. The van der Waals surface area contributed by atoms with Gasteiger partial charge in [-0.1, -0.05) is 23.2 Å². The molecule has 2 rings (SSSR count). The molecule has 0 spiro atoms. The minimum atomic E-state index is -0.404. The summed E-state index contributed by atoms with van der Waals surface area (Å²) in [6.45, 7) is 1.75. The minimum Gasteiger partial charge on any atom is -0.469 e. The molecule has 5 heteroatoms. The van der Waals surface area contributed by atoms with E-state index >= 15 is 0 Å². The Kier molecular flexibility index (Phi) is 3.31. The average molecular weight is 273 g/mol. The molecule has 0 saturated heterocycles. The van der Waals surface area contributed by atoms with Crippen molar-refractivity contribution in [2.45, 2.75) is 12.8 Å². The molecule has 1 heterocycles. The first-order valence-electron chi connectivity index (χ1n) is 4.99. The lowest BCUT2D eigenvalue weighted by Crippen LogP contribution is -2.10. The molecule has 0 aliphatic rings. The Hall–Kier alpha value is -1.19. The minimum absolute atomic E-state index is 0.321. The van der Waals surface area contributed by atoms with E-state index in [1.54, 1.807) is 19.1 Å². The summed E-state index contributed by atoms with van der Waals surface area (Å²) in [6, 6.07) is 3.46. The van der Waals surface area contributed by atoms with Crippen LogP contribution in [0.3, 0.4) is 0 Å². The number of furan rings is 1. The maximum atomic E-state index is 11.5. The molecule has 1 aromatic heterocycles. The highest BCUT2D eigenvalue weighted by molar-refractivity contribution is 6.44. The predicted octanol–water partition coefficient (Wildman–Crippen LogP) is 4.02. The SMILES string of the molecule is COC(=O)C(C)c1coc2c(Cl)c(Cl)ccc12. The van der Waals surface area contributed by atoms with E-state index in [0.717, 1.165) is 10.9 Å². The molecule has 0 fully saturated rings. The van der Waals surface area contributed by atoms with Crippen LogP contribution in [0.15, 0.2) is 22.8 Å². The maximum Gasteiger partial charge on any atom is 0.312 e. The van der Waals surface area contributed by atoms with Crippen molar-refractivity contribution in [3.8, 4) is 0 Å². The van der Waals surface area contributed by atoms with Gasteiger partial charge in [0, 0.05) is 10.9 Å². The number of rotatable bonds is 2. The van der Waals surface area contributed by atoms with Crippen molar-refractivity contribution in [1.29, 1.82) is 0 Å². The summed E-state index contributed by atoms with van der Waals surface area (Å²) < 4.78 is 10.1. The van der Waals surface area contributed by atoms with E-state index in [9.17, 15) is 4.79 Å². The summed E-state index contributed by atoms with van der Waals surface area (Å²) in [5, 5.41) is 1.55. The van der Waals surface area contributed by atoms with Crippen LogP contribution in [0.1, 0.15) is 18.4 Å². The van der Waals surface area contributed by atoms with Crippen LogP contribution >= 0.6 is 23.2 Å². The third-order valence-electron chi connectivity index (χ3n) is 2.69. The number of hydrogen-bond donors (Lipinski definition) is 0. The van der Waals surface area contributed by atoms with Crippen LogP contribution in [0.4, 0.5) is 0 Å². The Balaban J connectivity index is 2.58. The van der Waals surface area contributed by atoms with E-state index in [4.69, 9.17) is 32.4 Å². The normalized spacial score (nSPS) is 12.7. The molecule has 1 atom stereocenters. The van der Waals surface area contributed by atoms with Crippen molar-refractivity contribution >= 4 is 40.1 Å². The van der Waals surface area contributed by atoms with E-state index in [2.05, 4.69) is 0 Å². The molecule has 2 aromatic rings. The molecule has 1 aromatic carbocycles. The second-order valence-corrected chi connectivity index (χ2v) is 4.46. The number of carbonyl (C=O) groups is 1. The molecule has 0 bridgehead atoms. The molecule has 0 aliphatic carbocycles. The summed E-state index contributed by atoms with van der Waals surface area (Å²) in [7, 11) is 1.35. The van der Waals surface area contributed by atoms with E-state index in [1.807, 2.05) is 0 Å². The highest BCUT2D eigenvalue weighted by Gasteiger charge is 2.21. The molecule has 0 aliphatic heterocycles. The van der Waals surface area contributed by atoms with Gasteiger partial charge in [-0.05, 0) is 19.1 Å². The van der Waals surface area contributed by atoms with Crippen molar-refractivity contribution in [3.05, 3.63) is 34.0 Å². The van der Waals surface area contributed by atoms with Gasteiger partial charge in [0.1, 0.15) is 5.02 Å². The van der Waals surface area contributed by atoms with Gasteiger partial charge >= 0.3 is 5.97 Å². The molecule has 17 heavy (non-hydrogen) atoms. The molecule has 0 amide bonds. The van der Waals surface area contributed by atoms with Gasteiger partial charge in [0.2, 0.25) is 0 Å². The zero-order valence-corrected chi connectivity index (χ0v) is 10.8. The summed E-state index contributed by atoms with van der Waals surface area (Å²) in [6.07, 6.45) is 1.51. The number of fused-ring (bicyclic) bond motifs is 1. The largest absolute Gasteiger partial charge is 0.469 e. The second-order valence-electron chi connectivity index (χ2n) is 3.67. The van der Waals surface area contributed by atoms with E-state index in [1.165, 1.54) is 13.4 Å². The molecular formula is C12H10Cl2O3. The van der Waals surface area contributed by atoms with E-state index < -0.39 is 5.92 Å². The standard InChI is InChI=1S/C12H10Cl2O3/c1-6(12(15)16-2)8-5-17-11-7(8)3-4-9(13)10(11)14/h3-6H,1-2H3. The van der Waals surface area contributed by atoms with Crippen LogP contribution in [0, 0.1) is 0 Å². The molecular weight excluding hydrogens is 263 g/mol. The van der Waals surface area contributed by atoms with Crippen molar-refractivity contribution < 1.29 is 13.9 Å². The van der Waals surface area contributed by atoms with Gasteiger partial charge in [0.05, 0.1) is 24.3 Å². The van der Waals surface area contributed by atoms with Gasteiger partial charge in [0.15, 0.2) is 5.58 Å². The number of benzene rings is 1. The Morgan fingerprint density at radius 3 is 2.76 bits per heavy atom. The predicted molar refractivity (Wildman–Crippen MR) is 66.7 cm³/mol. The summed E-state index contributed by atoms with van der Waals surface area (Å²) in [4.78, 5) is 11.5. The van der Waals surface area contributed by atoms with E-state index in [-0.39, 0.29) is 5.97 Å². The van der Waals surface area contributed by atoms with Crippen LogP contribution in [-0.2, 0) is 9.53 Å². The fourth-order valence-electron chi connectivity index (χ4n) is 1.70. The second kappa shape index (κ2) is 4.59. The van der Waals surface area contributed by atoms with E-state index in [0.29, 0.717) is 15.6 Å². The average Bonchev–Trinajstić information content (AvgIpc) is 2.76. The fourth-order valence-corrected chi connectivity index (χ4v) is 2.06. The summed E-state index contributed by atoms with van der Waals surface area (Å²) >= 11 is 11.9. The number of methoxy groups -OCH3 is 1. The zero-order valence-electron chi connectivity index (χ0n) is 9.29. The Bertz CT molecular complexity index is 574. The van der Waals surface area contributed by atoms with Gasteiger partial charge in [-0.3, -0.25) is 4.79 Å². The van der Waals surface area contributed by atoms with Crippen molar-refractivity contribution in [1.82, 2.24) is 0 Å². The van der Waals surface area contributed by atoms with Gasteiger partial charge in [-0.15, -0.1) is 0 Å². The maximum absolute atomic E-state index is 11.5. The third-order valence-corrected chi connectivity index (χ3v) is 3.47. The van der Waals surface area contributed by atoms with Gasteiger partial charge in [-0.25, -0.2) is 0 Å². The Labute approximate surface area is 108 Å². The number of halogens is 2. The Morgan fingerprint density at radius 1 is 1.41 bits per heavy atom. The number of hydrogen-bond acceptors (Lipinski definition) is 3. The fraction of sp³-hybridized carbons (Fsp3) is 0.250. The van der Waals surface area contributed by atoms with Crippen molar-refractivity contribution in [2.24, 2.45) is 0 Å². The van der Waals surface area contributed by atoms with Crippen LogP contribution in [0.25, 0.3) is 11.0 Å². The molecule has 90 valence electrons. The highest BCUT2D eigenvalue weighted by atomic mass is 35.5. The zero-order chi connectivity index (χ0) is 12.6. The third kappa shape index (κ3) is 2.01. The molecule has 0 N–H and O–H groups in total. The van der Waals surface area contributed by atoms with Crippen molar-refractivity contribution in [2.75, 3.05) is 7.11 Å². The summed E-state index contributed by atoms with van der Waals surface area (Å²) in [5.41, 5.74) is 1.23. The lowest BCUT2D eigenvalue weighted by Gasteiger charge is -2.06. The van der Waals surface area contributed by atoms with Crippen molar-refractivity contribution in [3.63, 3.8) is 0 Å². The van der Waals surface area contributed by atoms with Gasteiger partial charge < -0.3 is 9.15 Å². The first kappa shape index (κ1) is 12.3. The van der Waals surface area contributed by atoms with Gasteiger partial charge in [-0.2, -0.15) is 0 Å². The molecule has 0 radical (unpaired) electrons. The van der Waals surface area contributed by atoms with Gasteiger partial charge in [0.25, 0.3) is 0 Å². The number of esters is 1. The lowest BCUT2D eigenvalue weighted by atomic mass is 10.0. The van der Waals surface area contributed by atoms with Crippen LogP contribution < -0.4 is 0 Å². The number of carbonyl (C=O) groups excluding carboxylic acids is 1. The van der Waals surface area contributed by atoms with Crippen LogP contribution in [0.2, 0.25) is 10.0 Å². The molecule has 3 nitrogen and oxygen atoms in total. The quantitative estimate of drug-likeness (QED) is 0.776. The highest BCUT2D eigenvalue weighted by Crippen LogP contribution is 2.36. The molecule has 0 saturated carbocycles. The topological polar surface area (TPSA) is 39.4 Å². The number of ether oxygens (including phenoxy) is 1.